The summed E-state index contributed by atoms with van der Waals surface area (Å²) in [6.45, 7) is 3.98. The van der Waals surface area contributed by atoms with Crippen molar-refractivity contribution in [2.45, 2.75) is 19.3 Å². The summed E-state index contributed by atoms with van der Waals surface area (Å²) in [6, 6.07) is 11.4. The molecule has 6 heteroatoms. The van der Waals surface area contributed by atoms with Crippen molar-refractivity contribution >= 4 is 41.0 Å². The smallest absolute Gasteiger partial charge is 0.260 e. The minimum absolute atomic E-state index is 0.0793. The van der Waals surface area contributed by atoms with Crippen LogP contribution in [0.3, 0.4) is 0 Å². The summed E-state index contributed by atoms with van der Waals surface area (Å²) in [5.74, 6) is 0.727. The summed E-state index contributed by atoms with van der Waals surface area (Å²) in [4.78, 5) is 12.9. The van der Waals surface area contributed by atoms with Gasteiger partial charge < -0.3 is 15.4 Å². The van der Waals surface area contributed by atoms with Crippen LogP contribution in [0.5, 0.6) is 5.75 Å². The summed E-state index contributed by atoms with van der Waals surface area (Å²) < 4.78 is 5.22. The number of methoxy groups -OCH3 is 1. The Labute approximate surface area is 156 Å². The lowest BCUT2D eigenvalue weighted by Crippen LogP contribution is -2.31. The summed E-state index contributed by atoms with van der Waals surface area (Å²) in [5, 5.41) is 6.97. The number of benzene rings is 2. The van der Waals surface area contributed by atoms with Gasteiger partial charge in [-0.3, -0.25) is 4.79 Å². The Morgan fingerprint density at radius 1 is 1.20 bits per heavy atom. The van der Waals surface area contributed by atoms with Crippen molar-refractivity contribution in [3.05, 3.63) is 63.0 Å². The predicted octanol–water partition coefficient (Wildman–Crippen LogP) is 4.57. The van der Waals surface area contributed by atoms with Gasteiger partial charge in [0.05, 0.1) is 12.0 Å². The number of ether oxygens (including phenoxy) is 1. The molecule has 1 atom stereocenters. The quantitative estimate of drug-likeness (QED) is 0.770. The number of carbonyl (C=O) groups is 1. The lowest BCUT2D eigenvalue weighted by molar-refractivity contribution is -0.116. The third kappa shape index (κ3) is 4.11. The number of carbonyl (C=O) groups excluding carboxylic acids is 1. The SMILES string of the molecule is COc1ccc(/C=C2\SC(Nc3ccc(Cl)cc3C)NC2=O)c(C)c1. The topological polar surface area (TPSA) is 50.4 Å². The lowest BCUT2D eigenvalue weighted by Gasteiger charge is -2.15. The van der Waals surface area contributed by atoms with Gasteiger partial charge in [0.1, 0.15) is 5.75 Å². The van der Waals surface area contributed by atoms with Gasteiger partial charge in [0, 0.05) is 10.7 Å². The summed E-state index contributed by atoms with van der Waals surface area (Å²) in [7, 11) is 1.64. The van der Waals surface area contributed by atoms with Gasteiger partial charge >= 0.3 is 0 Å². The van der Waals surface area contributed by atoms with E-state index in [4.69, 9.17) is 16.3 Å². The molecule has 2 aromatic carbocycles. The molecule has 1 aliphatic heterocycles. The zero-order valence-electron chi connectivity index (χ0n) is 14.2. The van der Waals surface area contributed by atoms with Crippen LogP contribution < -0.4 is 15.4 Å². The predicted molar refractivity (Wildman–Crippen MR) is 105 cm³/mol. The highest BCUT2D eigenvalue weighted by molar-refractivity contribution is 8.05. The molecule has 1 amide bonds. The Bertz CT molecular complexity index is 851. The second-order valence-corrected chi connectivity index (χ2v) is 7.39. The number of halogens is 1. The van der Waals surface area contributed by atoms with E-state index in [1.807, 2.05) is 56.3 Å². The van der Waals surface area contributed by atoms with Gasteiger partial charge in [0.25, 0.3) is 5.91 Å². The zero-order valence-corrected chi connectivity index (χ0v) is 15.8. The fourth-order valence-electron chi connectivity index (χ4n) is 2.57. The first-order valence-corrected chi connectivity index (χ1v) is 9.08. The third-order valence-corrected chi connectivity index (χ3v) is 5.23. The Balaban J connectivity index is 1.76. The molecular formula is C19H19ClN2O2S. The number of thioether (sulfide) groups is 1. The van der Waals surface area contributed by atoms with Crippen molar-refractivity contribution in [1.29, 1.82) is 0 Å². The first-order chi connectivity index (χ1) is 12.0. The number of anilines is 1. The maximum absolute atomic E-state index is 12.3. The average molecular weight is 375 g/mol. The van der Waals surface area contributed by atoms with Crippen molar-refractivity contribution in [2.24, 2.45) is 0 Å². The van der Waals surface area contributed by atoms with Crippen LogP contribution >= 0.6 is 23.4 Å². The van der Waals surface area contributed by atoms with Crippen LogP contribution in [-0.2, 0) is 4.79 Å². The van der Waals surface area contributed by atoms with Crippen molar-refractivity contribution in [1.82, 2.24) is 5.32 Å². The van der Waals surface area contributed by atoms with Gasteiger partial charge in [-0.05, 0) is 66.9 Å². The molecule has 0 spiro atoms. The van der Waals surface area contributed by atoms with Gasteiger partial charge in [0.2, 0.25) is 0 Å². The fraction of sp³-hybridized carbons (Fsp3) is 0.211. The molecule has 1 unspecified atom stereocenters. The average Bonchev–Trinajstić information content (AvgIpc) is 2.91. The first kappa shape index (κ1) is 17.7. The monoisotopic (exact) mass is 374 g/mol. The van der Waals surface area contributed by atoms with Crippen molar-refractivity contribution in [3.63, 3.8) is 0 Å². The molecule has 1 saturated heterocycles. The van der Waals surface area contributed by atoms with E-state index in [1.165, 1.54) is 11.8 Å². The number of rotatable bonds is 4. The number of amides is 1. The normalized spacial score (nSPS) is 18.3. The molecule has 25 heavy (non-hydrogen) atoms. The summed E-state index contributed by atoms with van der Waals surface area (Å²) in [6.07, 6.45) is 1.91. The number of hydrogen-bond acceptors (Lipinski definition) is 4. The largest absolute Gasteiger partial charge is 0.497 e. The van der Waals surface area contributed by atoms with E-state index in [0.717, 1.165) is 28.1 Å². The van der Waals surface area contributed by atoms with E-state index in [2.05, 4.69) is 10.6 Å². The van der Waals surface area contributed by atoms with Crippen LogP contribution in [0.2, 0.25) is 5.02 Å². The van der Waals surface area contributed by atoms with Crippen LogP contribution in [-0.4, -0.2) is 18.5 Å². The van der Waals surface area contributed by atoms with E-state index in [0.29, 0.717) is 9.93 Å². The van der Waals surface area contributed by atoms with Gasteiger partial charge in [-0.1, -0.05) is 29.4 Å². The molecule has 2 aromatic rings. The van der Waals surface area contributed by atoms with Crippen LogP contribution in [0.4, 0.5) is 5.69 Å². The Morgan fingerprint density at radius 3 is 2.68 bits per heavy atom. The van der Waals surface area contributed by atoms with Crippen LogP contribution in [0.15, 0.2) is 41.3 Å². The second-order valence-electron chi connectivity index (χ2n) is 5.81. The minimum atomic E-state index is -0.211. The standard InChI is InChI=1S/C19H19ClN2O2S/c1-11-9-15(24-3)6-4-13(11)10-17-18(23)22-19(25-17)21-16-7-5-14(20)8-12(16)2/h4-10,19,21H,1-3H3,(H,22,23)/b17-10-. The van der Waals surface area contributed by atoms with Crippen molar-refractivity contribution < 1.29 is 9.53 Å². The molecule has 130 valence electrons. The van der Waals surface area contributed by atoms with Gasteiger partial charge in [0.15, 0.2) is 5.50 Å². The molecule has 0 saturated carbocycles. The Morgan fingerprint density at radius 2 is 2.00 bits per heavy atom. The number of hydrogen-bond donors (Lipinski definition) is 2. The molecule has 1 fully saturated rings. The van der Waals surface area contributed by atoms with Crippen molar-refractivity contribution in [3.8, 4) is 5.75 Å². The molecule has 0 bridgehead atoms. The van der Waals surface area contributed by atoms with E-state index < -0.39 is 0 Å². The van der Waals surface area contributed by atoms with E-state index in [9.17, 15) is 4.79 Å². The maximum atomic E-state index is 12.3. The molecule has 1 aliphatic rings. The number of aryl methyl sites for hydroxylation is 2. The summed E-state index contributed by atoms with van der Waals surface area (Å²) in [5.41, 5.74) is 3.83. The van der Waals surface area contributed by atoms with Crippen molar-refractivity contribution in [2.75, 3.05) is 12.4 Å². The van der Waals surface area contributed by atoms with Gasteiger partial charge in [-0.25, -0.2) is 0 Å². The fourth-order valence-corrected chi connectivity index (χ4v) is 3.77. The van der Waals surface area contributed by atoms with E-state index in [-0.39, 0.29) is 11.4 Å². The molecule has 3 rings (SSSR count). The number of nitrogens with one attached hydrogen (secondary N) is 2. The molecule has 1 heterocycles. The van der Waals surface area contributed by atoms with Gasteiger partial charge in [-0.2, -0.15) is 0 Å². The minimum Gasteiger partial charge on any atom is -0.497 e. The third-order valence-electron chi connectivity index (χ3n) is 3.97. The van der Waals surface area contributed by atoms with Gasteiger partial charge in [-0.15, -0.1) is 0 Å². The van der Waals surface area contributed by atoms with Crippen LogP contribution in [0.1, 0.15) is 16.7 Å². The zero-order chi connectivity index (χ0) is 18.0. The molecule has 2 N–H and O–H groups in total. The molecular weight excluding hydrogens is 356 g/mol. The second kappa shape index (κ2) is 7.42. The summed E-state index contributed by atoms with van der Waals surface area (Å²) >= 11 is 7.45. The highest BCUT2D eigenvalue weighted by Crippen LogP contribution is 2.32. The first-order valence-electron chi connectivity index (χ1n) is 7.83. The highest BCUT2D eigenvalue weighted by atomic mass is 35.5. The maximum Gasteiger partial charge on any atom is 0.260 e. The molecule has 0 radical (unpaired) electrons. The molecule has 0 aliphatic carbocycles. The van der Waals surface area contributed by atoms with Crippen LogP contribution in [0, 0.1) is 13.8 Å². The van der Waals surface area contributed by atoms with E-state index in [1.54, 1.807) is 7.11 Å². The Kier molecular flexibility index (Phi) is 5.25. The Hall–Kier alpha value is -2.11. The molecule has 4 nitrogen and oxygen atoms in total. The lowest BCUT2D eigenvalue weighted by atomic mass is 10.1. The van der Waals surface area contributed by atoms with Crippen LogP contribution in [0.25, 0.3) is 6.08 Å². The molecule has 0 aromatic heterocycles. The highest BCUT2D eigenvalue weighted by Gasteiger charge is 2.27. The van der Waals surface area contributed by atoms with E-state index >= 15 is 0 Å².